The third-order valence-electron chi connectivity index (χ3n) is 6.31. The van der Waals surface area contributed by atoms with Crippen LogP contribution in [0.15, 0.2) is 36.4 Å². The average molecular weight is 479 g/mol. The Morgan fingerprint density at radius 2 is 1.71 bits per heavy atom. The van der Waals surface area contributed by atoms with Crippen LogP contribution in [0, 0.1) is 0 Å². The van der Waals surface area contributed by atoms with Gasteiger partial charge in [0.15, 0.2) is 0 Å². The molecule has 0 bridgehead atoms. The van der Waals surface area contributed by atoms with E-state index in [0.29, 0.717) is 36.7 Å². The Morgan fingerprint density at radius 3 is 2.32 bits per heavy atom. The first kappa shape index (κ1) is 24.7. The maximum absolute atomic E-state index is 13.4. The Labute approximate surface area is 197 Å². The van der Waals surface area contributed by atoms with Gasteiger partial charge in [-0.15, -0.1) is 0 Å². The summed E-state index contributed by atoms with van der Waals surface area (Å²) < 4.78 is 41.3. The first-order valence-corrected chi connectivity index (χ1v) is 11.3. The highest BCUT2D eigenvalue weighted by Gasteiger charge is 2.45. The van der Waals surface area contributed by atoms with Crippen LogP contribution in [0.3, 0.4) is 0 Å². The lowest BCUT2D eigenvalue weighted by Gasteiger charge is -2.40. The van der Waals surface area contributed by atoms with Crippen LogP contribution in [-0.4, -0.2) is 79.9 Å². The standard InChI is InChI=1S/C25H31FO8/c1-30-19-11-20(31-2)18(25-24(29)23(28)22(27)21(12-26)34-25)10-15(19)9-14-3-5-16(6-4-14)33-17-7-8-32-13-17/h3-6,10-11,17,21-25,27-29H,7-9,12-13H2,1-2H3/t17-,21+,22-,23-,24-,25-/m0/s1. The van der Waals surface area contributed by atoms with Gasteiger partial charge in [0.2, 0.25) is 0 Å². The molecule has 2 aliphatic heterocycles. The minimum absolute atomic E-state index is 0.0685. The molecule has 0 saturated carbocycles. The number of halogens is 1. The number of hydrogen-bond acceptors (Lipinski definition) is 8. The van der Waals surface area contributed by atoms with E-state index in [1.54, 1.807) is 19.2 Å². The molecule has 0 radical (unpaired) electrons. The van der Waals surface area contributed by atoms with Crippen molar-refractivity contribution in [3.05, 3.63) is 53.1 Å². The second kappa shape index (κ2) is 10.9. The minimum Gasteiger partial charge on any atom is -0.496 e. The molecule has 0 aromatic heterocycles. The predicted octanol–water partition coefficient (Wildman–Crippen LogP) is 1.95. The first-order chi connectivity index (χ1) is 16.4. The second-order valence-electron chi connectivity index (χ2n) is 8.55. The lowest BCUT2D eigenvalue weighted by molar-refractivity contribution is -0.227. The Morgan fingerprint density at radius 1 is 0.971 bits per heavy atom. The molecule has 6 atom stereocenters. The number of methoxy groups -OCH3 is 2. The number of alkyl halides is 1. The van der Waals surface area contributed by atoms with Gasteiger partial charge in [0, 0.05) is 24.5 Å². The summed E-state index contributed by atoms with van der Waals surface area (Å²) in [5, 5.41) is 30.8. The fourth-order valence-electron chi connectivity index (χ4n) is 4.39. The van der Waals surface area contributed by atoms with E-state index in [1.165, 1.54) is 7.11 Å². The second-order valence-corrected chi connectivity index (χ2v) is 8.55. The Hall–Kier alpha value is -2.43. The van der Waals surface area contributed by atoms with Gasteiger partial charge in [-0.3, -0.25) is 0 Å². The predicted molar refractivity (Wildman–Crippen MR) is 120 cm³/mol. The summed E-state index contributed by atoms with van der Waals surface area (Å²) in [4.78, 5) is 0. The maximum atomic E-state index is 13.4. The van der Waals surface area contributed by atoms with E-state index in [1.807, 2.05) is 24.3 Å². The molecule has 9 heteroatoms. The molecule has 2 saturated heterocycles. The van der Waals surface area contributed by atoms with Crippen LogP contribution >= 0.6 is 0 Å². The molecule has 2 aromatic rings. The molecule has 186 valence electrons. The van der Waals surface area contributed by atoms with E-state index in [-0.39, 0.29) is 6.10 Å². The van der Waals surface area contributed by atoms with Crippen LogP contribution in [0.1, 0.15) is 29.2 Å². The summed E-state index contributed by atoms with van der Waals surface area (Å²) in [5.74, 6) is 1.69. The smallest absolute Gasteiger partial charge is 0.128 e. The first-order valence-electron chi connectivity index (χ1n) is 11.3. The minimum atomic E-state index is -1.56. The zero-order valence-corrected chi connectivity index (χ0v) is 19.2. The molecule has 0 amide bonds. The molecule has 0 aliphatic carbocycles. The van der Waals surface area contributed by atoms with Gasteiger partial charge in [-0.05, 0) is 29.3 Å². The third-order valence-corrected chi connectivity index (χ3v) is 6.31. The van der Waals surface area contributed by atoms with Crippen molar-refractivity contribution in [2.24, 2.45) is 0 Å². The van der Waals surface area contributed by atoms with E-state index < -0.39 is 37.2 Å². The Bertz CT molecular complexity index is 945. The molecular weight excluding hydrogens is 447 g/mol. The highest BCUT2D eigenvalue weighted by molar-refractivity contribution is 5.50. The number of rotatable bonds is 8. The zero-order chi connectivity index (χ0) is 24.2. The van der Waals surface area contributed by atoms with Crippen LogP contribution < -0.4 is 14.2 Å². The van der Waals surface area contributed by atoms with Gasteiger partial charge < -0.3 is 39.0 Å². The number of benzene rings is 2. The fourth-order valence-corrected chi connectivity index (χ4v) is 4.39. The topological polar surface area (TPSA) is 107 Å². The van der Waals surface area contributed by atoms with E-state index in [4.69, 9.17) is 23.7 Å². The molecular formula is C25H31FO8. The van der Waals surface area contributed by atoms with Crippen molar-refractivity contribution < 1.29 is 43.4 Å². The summed E-state index contributed by atoms with van der Waals surface area (Å²) in [6, 6.07) is 11.1. The normalized spacial score (nSPS) is 29.1. The molecule has 2 aliphatic rings. The highest BCUT2D eigenvalue weighted by atomic mass is 19.1. The number of ether oxygens (including phenoxy) is 5. The van der Waals surface area contributed by atoms with Crippen LogP contribution in [-0.2, 0) is 15.9 Å². The van der Waals surface area contributed by atoms with Crippen molar-refractivity contribution >= 4 is 0 Å². The molecule has 3 N–H and O–H groups in total. The van der Waals surface area contributed by atoms with Crippen molar-refractivity contribution in [3.8, 4) is 17.2 Å². The van der Waals surface area contributed by atoms with Crippen molar-refractivity contribution in [2.75, 3.05) is 34.1 Å². The molecule has 2 aromatic carbocycles. The number of aliphatic hydroxyl groups is 3. The Kier molecular flexibility index (Phi) is 7.90. The van der Waals surface area contributed by atoms with Gasteiger partial charge in [-0.25, -0.2) is 4.39 Å². The molecule has 0 spiro atoms. The zero-order valence-electron chi connectivity index (χ0n) is 19.2. The summed E-state index contributed by atoms with van der Waals surface area (Å²) in [6.45, 7) is 0.301. The summed E-state index contributed by atoms with van der Waals surface area (Å²) in [5.41, 5.74) is 2.20. The largest absolute Gasteiger partial charge is 0.496 e. The average Bonchev–Trinajstić information content (AvgIpc) is 3.37. The van der Waals surface area contributed by atoms with E-state index >= 15 is 0 Å². The van der Waals surface area contributed by atoms with Crippen molar-refractivity contribution in [1.29, 1.82) is 0 Å². The summed E-state index contributed by atoms with van der Waals surface area (Å²) in [6.07, 6.45) is -5.49. The lowest BCUT2D eigenvalue weighted by atomic mass is 9.89. The fraction of sp³-hybridized carbons (Fsp3) is 0.520. The molecule has 0 unspecified atom stereocenters. The SMILES string of the molecule is COc1cc(OC)c([C@@H]2O[C@H](CF)[C@H](O)[C@H](O)[C@@H]2O)cc1Cc1ccc(O[C@H]2CCOC2)cc1. The van der Waals surface area contributed by atoms with Gasteiger partial charge >= 0.3 is 0 Å². The number of hydrogen-bond donors (Lipinski definition) is 3. The van der Waals surface area contributed by atoms with E-state index in [9.17, 15) is 19.7 Å². The quantitative estimate of drug-likeness (QED) is 0.529. The molecule has 2 fully saturated rings. The summed E-state index contributed by atoms with van der Waals surface area (Å²) >= 11 is 0. The Balaban J connectivity index is 1.59. The van der Waals surface area contributed by atoms with E-state index in [2.05, 4.69) is 0 Å². The van der Waals surface area contributed by atoms with Gasteiger partial charge in [0.05, 0.1) is 27.4 Å². The molecule has 34 heavy (non-hydrogen) atoms. The van der Waals surface area contributed by atoms with E-state index in [0.717, 1.165) is 23.3 Å². The van der Waals surface area contributed by atoms with Gasteiger partial charge in [0.1, 0.15) is 60.5 Å². The van der Waals surface area contributed by atoms with Gasteiger partial charge in [-0.2, -0.15) is 0 Å². The highest BCUT2D eigenvalue weighted by Crippen LogP contribution is 2.40. The van der Waals surface area contributed by atoms with Crippen LogP contribution in [0.25, 0.3) is 0 Å². The van der Waals surface area contributed by atoms with Crippen LogP contribution in [0.2, 0.25) is 0 Å². The monoisotopic (exact) mass is 478 g/mol. The lowest BCUT2D eigenvalue weighted by Crippen LogP contribution is -2.54. The molecule has 2 heterocycles. The summed E-state index contributed by atoms with van der Waals surface area (Å²) in [7, 11) is 3.00. The van der Waals surface area contributed by atoms with Gasteiger partial charge in [-0.1, -0.05) is 12.1 Å². The molecule has 8 nitrogen and oxygen atoms in total. The van der Waals surface area contributed by atoms with Crippen molar-refractivity contribution in [2.45, 2.75) is 49.5 Å². The number of aliphatic hydroxyl groups excluding tert-OH is 3. The van der Waals surface area contributed by atoms with Crippen molar-refractivity contribution in [3.63, 3.8) is 0 Å². The van der Waals surface area contributed by atoms with Crippen molar-refractivity contribution in [1.82, 2.24) is 0 Å². The van der Waals surface area contributed by atoms with Gasteiger partial charge in [0.25, 0.3) is 0 Å². The third kappa shape index (κ3) is 5.13. The van der Waals surface area contributed by atoms with Crippen LogP contribution in [0.5, 0.6) is 17.2 Å². The molecule has 4 rings (SSSR count). The maximum Gasteiger partial charge on any atom is 0.128 e. The van der Waals surface area contributed by atoms with Crippen LogP contribution in [0.4, 0.5) is 4.39 Å².